The first-order valence-electron chi connectivity index (χ1n) is 7.56. The van der Waals surface area contributed by atoms with Crippen LogP contribution >= 0.6 is 0 Å². The second kappa shape index (κ2) is 9.35. The normalized spacial score (nSPS) is 19.0. The lowest BCUT2D eigenvalue weighted by atomic mass is 9.94. The third-order valence-corrected chi connectivity index (χ3v) is 3.49. The van der Waals surface area contributed by atoms with Crippen LogP contribution in [0.5, 0.6) is 0 Å². The van der Waals surface area contributed by atoms with Gasteiger partial charge in [-0.25, -0.2) is 0 Å². The van der Waals surface area contributed by atoms with E-state index in [9.17, 15) is 4.79 Å². The molecule has 1 aliphatic rings. The summed E-state index contributed by atoms with van der Waals surface area (Å²) in [5, 5.41) is 3.36. The summed E-state index contributed by atoms with van der Waals surface area (Å²) in [6.45, 7) is 6.03. The molecule has 124 valence electrons. The average Bonchev–Trinajstić information content (AvgIpc) is 3.25. The fourth-order valence-corrected chi connectivity index (χ4v) is 2.29. The first-order chi connectivity index (χ1) is 10.0. The van der Waals surface area contributed by atoms with E-state index in [-0.39, 0.29) is 12.1 Å². The Morgan fingerprint density at radius 1 is 1.24 bits per heavy atom. The number of carbonyl (C=O) groups is 1. The van der Waals surface area contributed by atoms with Crippen molar-refractivity contribution in [1.29, 1.82) is 0 Å². The Morgan fingerprint density at radius 3 is 2.48 bits per heavy atom. The zero-order valence-corrected chi connectivity index (χ0v) is 13.6. The Hall–Kier alpha value is -0.690. The minimum atomic E-state index is -0.688. The highest BCUT2D eigenvalue weighted by Crippen LogP contribution is 2.26. The third kappa shape index (κ3) is 7.22. The number of nitrogens with one attached hydrogen (secondary N) is 1. The largest absolute Gasteiger partial charge is 0.468 e. The minimum Gasteiger partial charge on any atom is -0.468 e. The summed E-state index contributed by atoms with van der Waals surface area (Å²) >= 11 is 0. The van der Waals surface area contributed by atoms with Crippen LogP contribution in [0.4, 0.5) is 0 Å². The average molecular weight is 303 g/mol. The van der Waals surface area contributed by atoms with Crippen molar-refractivity contribution >= 4 is 5.97 Å². The van der Waals surface area contributed by atoms with Gasteiger partial charge in [0.1, 0.15) is 5.54 Å². The molecule has 0 aliphatic heterocycles. The highest BCUT2D eigenvalue weighted by molar-refractivity contribution is 5.80. The Labute approximate surface area is 127 Å². The second-order valence-electron chi connectivity index (χ2n) is 5.73. The molecule has 0 heterocycles. The van der Waals surface area contributed by atoms with Crippen molar-refractivity contribution in [3.05, 3.63) is 0 Å². The molecule has 0 saturated heterocycles. The van der Waals surface area contributed by atoms with Gasteiger partial charge in [0.15, 0.2) is 0 Å². The molecule has 1 fully saturated rings. The standard InChI is InChI=1S/C15H29NO5/c1-12(21-10-9-20-8-7-18-3)11-15(2,14(17)19-4)16-13-5-6-13/h12-13,16H,5-11H2,1-4H3. The molecule has 6 nitrogen and oxygen atoms in total. The summed E-state index contributed by atoms with van der Waals surface area (Å²) in [6.07, 6.45) is 2.77. The van der Waals surface area contributed by atoms with E-state index in [1.165, 1.54) is 7.11 Å². The molecule has 0 aromatic heterocycles. The van der Waals surface area contributed by atoms with Crippen LogP contribution in [0.1, 0.15) is 33.1 Å². The SMILES string of the molecule is COCCOCCOC(C)CC(C)(NC1CC1)C(=O)OC. The summed E-state index contributed by atoms with van der Waals surface area (Å²) < 4.78 is 20.9. The molecule has 1 saturated carbocycles. The highest BCUT2D eigenvalue weighted by Gasteiger charge is 2.40. The van der Waals surface area contributed by atoms with Crippen molar-refractivity contribution in [3.8, 4) is 0 Å². The van der Waals surface area contributed by atoms with E-state index in [0.29, 0.717) is 38.9 Å². The lowest BCUT2D eigenvalue weighted by molar-refractivity contribution is -0.150. The molecule has 1 rings (SSSR count). The summed E-state index contributed by atoms with van der Waals surface area (Å²) in [4.78, 5) is 12.0. The van der Waals surface area contributed by atoms with E-state index in [1.54, 1.807) is 7.11 Å². The first-order valence-corrected chi connectivity index (χ1v) is 7.56. The lowest BCUT2D eigenvalue weighted by Crippen LogP contribution is -2.53. The van der Waals surface area contributed by atoms with Crippen LogP contribution in [-0.2, 0) is 23.7 Å². The van der Waals surface area contributed by atoms with Crippen molar-refractivity contribution in [2.45, 2.75) is 50.8 Å². The lowest BCUT2D eigenvalue weighted by Gasteiger charge is -2.30. The Balaban J connectivity index is 2.27. The summed E-state index contributed by atoms with van der Waals surface area (Å²) in [7, 11) is 3.06. The molecule has 2 unspecified atom stereocenters. The Bertz CT molecular complexity index is 308. The van der Waals surface area contributed by atoms with Crippen LogP contribution < -0.4 is 5.32 Å². The molecular weight excluding hydrogens is 274 g/mol. The predicted molar refractivity (Wildman–Crippen MR) is 79.3 cm³/mol. The molecule has 0 bridgehead atoms. The minimum absolute atomic E-state index is 0.0497. The Morgan fingerprint density at radius 2 is 1.90 bits per heavy atom. The number of rotatable bonds is 12. The zero-order chi connectivity index (χ0) is 15.7. The molecule has 0 amide bonds. The number of methoxy groups -OCH3 is 2. The molecule has 21 heavy (non-hydrogen) atoms. The molecule has 1 N–H and O–H groups in total. The first kappa shape index (κ1) is 18.4. The van der Waals surface area contributed by atoms with Crippen LogP contribution in [-0.4, -0.2) is 64.3 Å². The zero-order valence-electron chi connectivity index (χ0n) is 13.6. The molecule has 1 aliphatic carbocycles. The van der Waals surface area contributed by atoms with Gasteiger partial charge in [0.2, 0.25) is 0 Å². The molecule has 0 radical (unpaired) electrons. The maximum atomic E-state index is 12.0. The smallest absolute Gasteiger partial charge is 0.325 e. The van der Waals surface area contributed by atoms with E-state index in [2.05, 4.69) is 5.32 Å². The van der Waals surface area contributed by atoms with E-state index >= 15 is 0 Å². The van der Waals surface area contributed by atoms with Gasteiger partial charge in [-0.3, -0.25) is 10.1 Å². The van der Waals surface area contributed by atoms with Gasteiger partial charge in [0.05, 0.1) is 39.6 Å². The van der Waals surface area contributed by atoms with Crippen LogP contribution in [0.25, 0.3) is 0 Å². The maximum absolute atomic E-state index is 12.0. The molecular formula is C15H29NO5. The number of esters is 1. The Kier molecular flexibility index (Phi) is 8.18. The van der Waals surface area contributed by atoms with Gasteiger partial charge in [0, 0.05) is 19.6 Å². The van der Waals surface area contributed by atoms with Crippen LogP contribution in [0.2, 0.25) is 0 Å². The monoisotopic (exact) mass is 303 g/mol. The van der Waals surface area contributed by atoms with Crippen molar-refractivity contribution in [3.63, 3.8) is 0 Å². The molecule has 2 atom stereocenters. The fraction of sp³-hybridized carbons (Fsp3) is 0.933. The number of ether oxygens (including phenoxy) is 4. The molecule has 6 heteroatoms. The summed E-state index contributed by atoms with van der Waals surface area (Å²) in [6, 6.07) is 0.429. The van der Waals surface area contributed by atoms with Crippen LogP contribution in [0, 0.1) is 0 Å². The predicted octanol–water partition coefficient (Wildman–Crippen LogP) is 1.13. The third-order valence-electron chi connectivity index (χ3n) is 3.49. The number of hydrogen-bond donors (Lipinski definition) is 1. The van der Waals surface area contributed by atoms with E-state index in [4.69, 9.17) is 18.9 Å². The second-order valence-corrected chi connectivity index (χ2v) is 5.73. The topological polar surface area (TPSA) is 66.0 Å². The van der Waals surface area contributed by atoms with Crippen LogP contribution in [0.3, 0.4) is 0 Å². The van der Waals surface area contributed by atoms with Gasteiger partial charge in [-0.15, -0.1) is 0 Å². The van der Waals surface area contributed by atoms with Crippen molar-refractivity contribution in [2.75, 3.05) is 40.6 Å². The van der Waals surface area contributed by atoms with Crippen molar-refractivity contribution < 1.29 is 23.7 Å². The molecule has 0 spiro atoms. The van der Waals surface area contributed by atoms with Crippen molar-refractivity contribution in [2.24, 2.45) is 0 Å². The number of hydrogen-bond acceptors (Lipinski definition) is 6. The summed E-state index contributed by atoms with van der Waals surface area (Å²) in [5.41, 5.74) is -0.688. The fourth-order valence-electron chi connectivity index (χ4n) is 2.29. The van der Waals surface area contributed by atoms with Gasteiger partial charge >= 0.3 is 5.97 Å². The van der Waals surface area contributed by atoms with Gasteiger partial charge in [-0.2, -0.15) is 0 Å². The molecule has 0 aromatic rings. The van der Waals surface area contributed by atoms with Crippen molar-refractivity contribution in [1.82, 2.24) is 5.32 Å². The number of carbonyl (C=O) groups excluding carboxylic acids is 1. The van der Waals surface area contributed by atoms with Crippen LogP contribution in [0.15, 0.2) is 0 Å². The van der Waals surface area contributed by atoms with Gasteiger partial charge in [-0.1, -0.05) is 0 Å². The van der Waals surface area contributed by atoms with Gasteiger partial charge in [-0.05, 0) is 26.7 Å². The maximum Gasteiger partial charge on any atom is 0.325 e. The van der Waals surface area contributed by atoms with E-state index in [0.717, 1.165) is 12.8 Å². The van der Waals surface area contributed by atoms with E-state index < -0.39 is 5.54 Å². The van der Waals surface area contributed by atoms with E-state index in [1.807, 2.05) is 13.8 Å². The highest BCUT2D eigenvalue weighted by atomic mass is 16.5. The van der Waals surface area contributed by atoms with Gasteiger partial charge in [0.25, 0.3) is 0 Å². The molecule has 0 aromatic carbocycles. The summed E-state index contributed by atoms with van der Waals surface area (Å²) in [5.74, 6) is -0.235. The quantitative estimate of drug-likeness (QED) is 0.431. The van der Waals surface area contributed by atoms with Gasteiger partial charge < -0.3 is 18.9 Å².